The van der Waals surface area contributed by atoms with Gasteiger partial charge in [-0.25, -0.2) is 0 Å². The van der Waals surface area contributed by atoms with Crippen LogP contribution in [-0.2, 0) is 21.0 Å². The van der Waals surface area contributed by atoms with Crippen molar-refractivity contribution in [2.75, 3.05) is 14.2 Å². The molecule has 2 aliphatic heterocycles. The second-order valence-corrected chi connectivity index (χ2v) is 9.06. The molecule has 4 aliphatic rings. The number of benzene rings is 2. The highest BCUT2D eigenvalue weighted by atomic mass is 16.6. The SMILES string of the molecule is COc1cc(C2=NOC3C4CC(C23)C2C(=O)N(C)C(=O)C42)ccc1OCc1ccccc1. The molecule has 2 bridgehead atoms. The fourth-order valence-corrected chi connectivity index (χ4v) is 6.20. The zero-order valence-corrected chi connectivity index (χ0v) is 17.9. The Kier molecular flexibility index (Phi) is 4.28. The van der Waals surface area contributed by atoms with E-state index in [1.807, 2.05) is 48.5 Å². The van der Waals surface area contributed by atoms with Crippen LogP contribution in [0.5, 0.6) is 11.5 Å². The highest BCUT2D eigenvalue weighted by Crippen LogP contribution is 2.61. The number of fused-ring (bicyclic) bond motifs is 8. The van der Waals surface area contributed by atoms with Crippen LogP contribution in [0, 0.1) is 29.6 Å². The van der Waals surface area contributed by atoms with Crippen molar-refractivity contribution in [1.82, 2.24) is 4.90 Å². The molecule has 2 aliphatic carbocycles. The summed E-state index contributed by atoms with van der Waals surface area (Å²) in [5.41, 5.74) is 2.81. The van der Waals surface area contributed by atoms with Crippen LogP contribution in [0.25, 0.3) is 0 Å². The summed E-state index contributed by atoms with van der Waals surface area (Å²) in [5.74, 6) is 0.803. The number of nitrogens with zero attached hydrogens (tertiary/aromatic N) is 2. The molecule has 0 N–H and O–H groups in total. The van der Waals surface area contributed by atoms with Crippen LogP contribution < -0.4 is 9.47 Å². The van der Waals surface area contributed by atoms with Crippen LogP contribution in [0.2, 0.25) is 0 Å². The van der Waals surface area contributed by atoms with Gasteiger partial charge in [-0.15, -0.1) is 0 Å². The Bertz CT molecular complexity index is 1130. The van der Waals surface area contributed by atoms with E-state index in [9.17, 15) is 9.59 Å². The number of methoxy groups -OCH3 is 1. The molecule has 0 spiro atoms. The van der Waals surface area contributed by atoms with Crippen LogP contribution in [0.3, 0.4) is 0 Å². The van der Waals surface area contributed by atoms with Gasteiger partial charge in [0.05, 0.1) is 24.7 Å². The molecule has 2 saturated carbocycles. The number of likely N-dealkylation sites (tertiary alicyclic amines) is 1. The van der Waals surface area contributed by atoms with Crippen molar-refractivity contribution in [3.63, 3.8) is 0 Å². The lowest BCUT2D eigenvalue weighted by atomic mass is 9.71. The zero-order valence-electron chi connectivity index (χ0n) is 17.9. The Morgan fingerprint density at radius 1 is 1.00 bits per heavy atom. The van der Waals surface area contributed by atoms with Gasteiger partial charge in [-0.2, -0.15) is 0 Å². The molecule has 2 aromatic carbocycles. The Labute approximate surface area is 185 Å². The number of hydrogen-bond donors (Lipinski definition) is 0. The molecule has 7 heteroatoms. The van der Waals surface area contributed by atoms with Crippen molar-refractivity contribution in [3.8, 4) is 11.5 Å². The van der Waals surface area contributed by atoms with Gasteiger partial charge in [0.25, 0.3) is 0 Å². The molecule has 6 atom stereocenters. The van der Waals surface area contributed by atoms with Gasteiger partial charge in [-0.05, 0) is 36.1 Å². The predicted octanol–water partition coefficient (Wildman–Crippen LogP) is 2.87. The van der Waals surface area contributed by atoms with Crippen LogP contribution in [0.4, 0.5) is 0 Å². The molecule has 1 saturated heterocycles. The number of oxime groups is 1. The van der Waals surface area contributed by atoms with Crippen LogP contribution >= 0.6 is 0 Å². The van der Waals surface area contributed by atoms with Crippen LogP contribution in [0.1, 0.15) is 17.5 Å². The lowest BCUT2D eigenvalue weighted by molar-refractivity contribution is -0.139. The van der Waals surface area contributed by atoms with Crippen molar-refractivity contribution in [3.05, 3.63) is 59.7 Å². The molecular weight excluding hydrogens is 408 g/mol. The molecule has 0 aromatic heterocycles. The van der Waals surface area contributed by atoms with Crippen molar-refractivity contribution in [2.24, 2.45) is 34.7 Å². The number of amides is 2. The molecule has 2 amide bonds. The van der Waals surface area contributed by atoms with Gasteiger partial charge in [0.1, 0.15) is 12.7 Å². The largest absolute Gasteiger partial charge is 0.493 e. The fourth-order valence-electron chi connectivity index (χ4n) is 6.20. The average Bonchev–Trinajstić information content (AvgIpc) is 3.56. The van der Waals surface area contributed by atoms with Gasteiger partial charge >= 0.3 is 0 Å². The highest BCUT2D eigenvalue weighted by Gasteiger charge is 2.69. The van der Waals surface area contributed by atoms with E-state index < -0.39 is 0 Å². The standard InChI is InChI=1S/C25H24N2O5/c1-27-24(28)19-15-11-16(20(19)25(27)29)23-21(15)22(26-32-23)14-8-9-17(18(10-14)30-2)31-12-13-6-4-3-5-7-13/h3-10,15-16,19-21,23H,11-12H2,1-2H3. The molecular formula is C25H24N2O5. The van der Waals surface area contributed by atoms with E-state index in [4.69, 9.17) is 14.3 Å². The number of carbonyl (C=O) groups excluding carboxylic acids is 2. The van der Waals surface area contributed by atoms with Gasteiger partial charge in [-0.1, -0.05) is 35.5 Å². The van der Waals surface area contributed by atoms with Gasteiger partial charge in [0.15, 0.2) is 11.5 Å². The number of carbonyl (C=O) groups is 2. The third-order valence-electron chi connectivity index (χ3n) is 7.61. The Balaban J connectivity index is 1.25. The molecule has 6 unspecified atom stereocenters. The summed E-state index contributed by atoms with van der Waals surface area (Å²) in [5, 5.41) is 4.41. The molecule has 7 nitrogen and oxygen atoms in total. The van der Waals surface area contributed by atoms with E-state index in [2.05, 4.69) is 5.16 Å². The maximum Gasteiger partial charge on any atom is 0.233 e. The van der Waals surface area contributed by atoms with Crippen molar-refractivity contribution >= 4 is 17.5 Å². The van der Waals surface area contributed by atoms with E-state index in [-0.39, 0.29) is 47.5 Å². The van der Waals surface area contributed by atoms with E-state index in [0.717, 1.165) is 23.3 Å². The Morgan fingerprint density at radius 2 is 1.75 bits per heavy atom. The number of imide groups is 1. The van der Waals surface area contributed by atoms with Gasteiger partial charge in [0, 0.05) is 24.4 Å². The van der Waals surface area contributed by atoms with Gasteiger partial charge in [0.2, 0.25) is 11.8 Å². The molecule has 6 rings (SSSR count). The topological polar surface area (TPSA) is 77.4 Å². The lowest BCUT2D eigenvalue weighted by Gasteiger charge is -2.30. The van der Waals surface area contributed by atoms with E-state index in [0.29, 0.717) is 18.1 Å². The quantitative estimate of drug-likeness (QED) is 0.679. The fraction of sp³-hybridized carbons (Fsp3) is 0.400. The first kappa shape index (κ1) is 19.3. The number of hydrogen-bond acceptors (Lipinski definition) is 6. The third-order valence-corrected chi connectivity index (χ3v) is 7.61. The predicted molar refractivity (Wildman–Crippen MR) is 115 cm³/mol. The maximum absolute atomic E-state index is 12.7. The second kappa shape index (κ2) is 7.08. The Morgan fingerprint density at radius 3 is 2.50 bits per heavy atom. The summed E-state index contributed by atoms with van der Waals surface area (Å²) in [6.45, 7) is 0.446. The highest BCUT2D eigenvalue weighted by molar-refractivity contribution is 6.08. The van der Waals surface area contributed by atoms with Gasteiger partial charge in [-0.3, -0.25) is 14.5 Å². The smallest absolute Gasteiger partial charge is 0.233 e. The summed E-state index contributed by atoms with van der Waals surface area (Å²) >= 11 is 0. The maximum atomic E-state index is 12.7. The second-order valence-electron chi connectivity index (χ2n) is 9.06. The minimum atomic E-state index is -0.253. The van der Waals surface area contributed by atoms with Gasteiger partial charge < -0.3 is 14.3 Å². The Hall–Kier alpha value is -3.35. The molecule has 2 heterocycles. The summed E-state index contributed by atoms with van der Waals surface area (Å²) in [7, 11) is 3.21. The molecule has 3 fully saturated rings. The number of ether oxygens (including phenoxy) is 2. The summed E-state index contributed by atoms with van der Waals surface area (Å²) < 4.78 is 11.6. The summed E-state index contributed by atoms with van der Waals surface area (Å²) in [6.07, 6.45) is 0.698. The summed E-state index contributed by atoms with van der Waals surface area (Å²) in [6, 6.07) is 15.7. The molecule has 0 radical (unpaired) electrons. The zero-order chi connectivity index (χ0) is 22.0. The van der Waals surface area contributed by atoms with Crippen LogP contribution in [-0.4, -0.2) is 42.7 Å². The average molecular weight is 432 g/mol. The minimum Gasteiger partial charge on any atom is -0.493 e. The van der Waals surface area contributed by atoms with Crippen LogP contribution in [0.15, 0.2) is 53.7 Å². The first-order valence-corrected chi connectivity index (χ1v) is 11.0. The van der Waals surface area contributed by atoms with Crippen molar-refractivity contribution < 1.29 is 23.9 Å². The first-order chi connectivity index (χ1) is 15.6. The monoisotopic (exact) mass is 432 g/mol. The molecule has 2 aromatic rings. The normalized spacial score (nSPS) is 31.9. The van der Waals surface area contributed by atoms with Crippen molar-refractivity contribution in [1.29, 1.82) is 0 Å². The lowest BCUT2D eigenvalue weighted by Crippen LogP contribution is -2.41. The van der Waals surface area contributed by atoms with Crippen molar-refractivity contribution in [2.45, 2.75) is 19.1 Å². The van der Waals surface area contributed by atoms with E-state index in [1.54, 1.807) is 14.2 Å². The molecule has 32 heavy (non-hydrogen) atoms. The first-order valence-electron chi connectivity index (χ1n) is 11.0. The third kappa shape index (κ3) is 2.63. The minimum absolute atomic E-state index is 0.0188. The number of rotatable bonds is 5. The summed E-state index contributed by atoms with van der Waals surface area (Å²) in [4.78, 5) is 32.5. The van der Waals surface area contributed by atoms with E-state index >= 15 is 0 Å². The molecule has 164 valence electrons. The van der Waals surface area contributed by atoms with E-state index in [1.165, 1.54) is 4.90 Å².